The highest BCUT2D eigenvalue weighted by atomic mass is 35.5. The van der Waals surface area contributed by atoms with Crippen LogP contribution in [0.4, 0.5) is 0 Å². The fourth-order valence-electron chi connectivity index (χ4n) is 2.06. The zero-order chi connectivity index (χ0) is 13.7. The molecular formula is C15H22ClNO2. The highest BCUT2D eigenvalue weighted by molar-refractivity contribution is 6.30. The molecule has 0 aliphatic heterocycles. The number of benzene rings is 1. The molecule has 1 fully saturated rings. The molecule has 0 saturated heterocycles. The van der Waals surface area contributed by atoms with Crippen molar-refractivity contribution in [2.24, 2.45) is 5.92 Å². The lowest BCUT2D eigenvalue weighted by Crippen LogP contribution is -2.13. The molecule has 106 valence electrons. The van der Waals surface area contributed by atoms with Gasteiger partial charge in [0.2, 0.25) is 0 Å². The van der Waals surface area contributed by atoms with Gasteiger partial charge in [-0.2, -0.15) is 0 Å². The summed E-state index contributed by atoms with van der Waals surface area (Å²) >= 11 is 6.11. The molecule has 0 heterocycles. The van der Waals surface area contributed by atoms with E-state index in [4.69, 9.17) is 21.1 Å². The minimum absolute atomic E-state index is 0.680. The van der Waals surface area contributed by atoms with Gasteiger partial charge in [0.25, 0.3) is 0 Å². The summed E-state index contributed by atoms with van der Waals surface area (Å²) in [6.45, 7) is 4.49. The summed E-state index contributed by atoms with van der Waals surface area (Å²) in [6.07, 6.45) is 3.84. The van der Waals surface area contributed by atoms with Crippen molar-refractivity contribution in [3.63, 3.8) is 0 Å². The molecule has 0 bridgehead atoms. The first-order valence-corrected chi connectivity index (χ1v) is 7.32. The predicted octanol–water partition coefficient (Wildman–Crippen LogP) is 3.64. The van der Waals surface area contributed by atoms with Gasteiger partial charge in [-0.15, -0.1) is 0 Å². The van der Waals surface area contributed by atoms with E-state index in [1.807, 2.05) is 12.1 Å². The van der Waals surface area contributed by atoms with Crippen LogP contribution in [0.5, 0.6) is 11.5 Å². The summed E-state index contributed by atoms with van der Waals surface area (Å²) in [4.78, 5) is 0. The van der Waals surface area contributed by atoms with Crippen molar-refractivity contribution in [1.29, 1.82) is 0 Å². The highest BCUT2D eigenvalue weighted by Gasteiger charge is 2.21. The second kappa shape index (κ2) is 7.01. The van der Waals surface area contributed by atoms with Crippen molar-refractivity contribution < 1.29 is 9.47 Å². The summed E-state index contributed by atoms with van der Waals surface area (Å²) < 4.78 is 11.3. The van der Waals surface area contributed by atoms with E-state index in [2.05, 4.69) is 12.2 Å². The number of nitrogens with one attached hydrogen (secondary N) is 1. The number of halogens is 1. The van der Waals surface area contributed by atoms with Gasteiger partial charge in [0, 0.05) is 23.2 Å². The first kappa shape index (κ1) is 14.5. The van der Waals surface area contributed by atoms with E-state index >= 15 is 0 Å². The Balaban J connectivity index is 2.09. The van der Waals surface area contributed by atoms with E-state index in [1.165, 1.54) is 12.8 Å². The van der Waals surface area contributed by atoms with Crippen LogP contribution < -0.4 is 14.8 Å². The van der Waals surface area contributed by atoms with Gasteiger partial charge in [0.1, 0.15) is 0 Å². The van der Waals surface area contributed by atoms with Crippen LogP contribution >= 0.6 is 11.6 Å². The van der Waals surface area contributed by atoms with Crippen molar-refractivity contribution in [2.45, 2.75) is 32.7 Å². The van der Waals surface area contributed by atoms with Gasteiger partial charge in [0.05, 0.1) is 13.7 Å². The molecule has 19 heavy (non-hydrogen) atoms. The lowest BCUT2D eigenvalue weighted by Gasteiger charge is -2.16. The maximum Gasteiger partial charge on any atom is 0.165 e. The molecule has 0 radical (unpaired) electrons. The van der Waals surface area contributed by atoms with Crippen LogP contribution in [0.25, 0.3) is 0 Å². The van der Waals surface area contributed by atoms with E-state index in [0.29, 0.717) is 5.02 Å². The minimum atomic E-state index is 0.680. The maximum atomic E-state index is 6.11. The first-order valence-electron chi connectivity index (χ1n) is 6.94. The molecular weight excluding hydrogens is 262 g/mol. The van der Waals surface area contributed by atoms with Gasteiger partial charge in [-0.3, -0.25) is 0 Å². The Morgan fingerprint density at radius 1 is 1.37 bits per heavy atom. The lowest BCUT2D eigenvalue weighted by molar-refractivity contribution is 0.279. The van der Waals surface area contributed by atoms with Crippen LogP contribution in [0.1, 0.15) is 31.7 Å². The molecule has 0 atom stereocenters. The molecule has 1 aliphatic rings. The third-order valence-corrected chi connectivity index (χ3v) is 3.57. The molecule has 1 aromatic carbocycles. The van der Waals surface area contributed by atoms with Gasteiger partial charge in [0.15, 0.2) is 11.5 Å². The maximum absolute atomic E-state index is 6.11. The molecule has 0 amide bonds. The third kappa shape index (κ3) is 4.29. The lowest BCUT2D eigenvalue weighted by atomic mass is 10.1. The van der Waals surface area contributed by atoms with Crippen LogP contribution in [0.2, 0.25) is 5.02 Å². The number of hydrogen-bond acceptors (Lipinski definition) is 3. The summed E-state index contributed by atoms with van der Waals surface area (Å²) in [5, 5.41) is 3.98. The molecule has 0 unspecified atom stereocenters. The Kier molecular flexibility index (Phi) is 5.34. The number of hydrogen-bond donors (Lipinski definition) is 1. The van der Waals surface area contributed by atoms with E-state index < -0.39 is 0 Å². The van der Waals surface area contributed by atoms with Crippen LogP contribution in [-0.4, -0.2) is 20.3 Å². The largest absolute Gasteiger partial charge is 0.493 e. The van der Waals surface area contributed by atoms with Crippen molar-refractivity contribution in [3.05, 3.63) is 22.7 Å². The number of rotatable bonds is 8. The van der Waals surface area contributed by atoms with Crippen LogP contribution in [0.15, 0.2) is 12.1 Å². The topological polar surface area (TPSA) is 30.5 Å². The Morgan fingerprint density at radius 2 is 2.16 bits per heavy atom. The normalized spacial score (nSPS) is 14.5. The second-order valence-electron chi connectivity index (χ2n) is 4.96. The molecule has 1 aromatic rings. The van der Waals surface area contributed by atoms with Gasteiger partial charge < -0.3 is 14.8 Å². The Bertz CT molecular complexity index is 419. The van der Waals surface area contributed by atoms with Crippen molar-refractivity contribution in [1.82, 2.24) is 5.32 Å². The van der Waals surface area contributed by atoms with E-state index in [0.717, 1.165) is 49.1 Å². The van der Waals surface area contributed by atoms with Crippen LogP contribution in [-0.2, 0) is 6.54 Å². The molecule has 1 N–H and O–H groups in total. The second-order valence-corrected chi connectivity index (χ2v) is 5.39. The standard InChI is InChI=1S/C15H22ClNO2/c1-3-17-10-12-8-13(16)9-14(18-2)15(12)19-7-6-11-4-5-11/h8-9,11,17H,3-7,10H2,1-2H3. The molecule has 0 aromatic heterocycles. The average Bonchev–Trinajstić information content (AvgIpc) is 3.21. The average molecular weight is 284 g/mol. The minimum Gasteiger partial charge on any atom is -0.493 e. The Morgan fingerprint density at radius 3 is 2.79 bits per heavy atom. The Hall–Kier alpha value is -0.930. The quantitative estimate of drug-likeness (QED) is 0.790. The third-order valence-electron chi connectivity index (χ3n) is 3.35. The number of ether oxygens (including phenoxy) is 2. The zero-order valence-corrected chi connectivity index (χ0v) is 12.4. The number of methoxy groups -OCH3 is 1. The molecule has 0 spiro atoms. The zero-order valence-electron chi connectivity index (χ0n) is 11.7. The predicted molar refractivity (Wildman–Crippen MR) is 78.2 cm³/mol. The van der Waals surface area contributed by atoms with Gasteiger partial charge >= 0.3 is 0 Å². The van der Waals surface area contributed by atoms with Crippen molar-refractivity contribution >= 4 is 11.6 Å². The van der Waals surface area contributed by atoms with E-state index in [1.54, 1.807) is 7.11 Å². The van der Waals surface area contributed by atoms with E-state index in [-0.39, 0.29) is 0 Å². The summed E-state index contributed by atoms with van der Waals surface area (Å²) in [5.74, 6) is 2.42. The van der Waals surface area contributed by atoms with Crippen molar-refractivity contribution in [3.8, 4) is 11.5 Å². The fraction of sp³-hybridized carbons (Fsp3) is 0.600. The van der Waals surface area contributed by atoms with E-state index in [9.17, 15) is 0 Å². The fourth-order valence-corrected chi connectivity index (χ4v) is 2.29. The van der Waals surface area contributed by atoms with Crippen molar-refractivity contribution in [2.75, 3.05) is 20.3 Å². The van der Waals surface area contributed by atoms with Gasteiger partial charge in [-0.25, -0.2) is 0 Å². The summed E-state index contributed by atoms with van der Waals surface area (Å²) in [6, 6.07) is 3.75. The molecule has 4 heteroatoms. The molecule has 1 saturated carbocycles. The monoisotopic (exact) mass is 283 g/mol. The SMILES string of the molecule is CCNCc1cc(Cl)cc(OC)c1OCCC1CC1. The van der Waals surface area contributed by atoms with Crippen LogP contribution in [0.3, 0.4) is 0 Å². The highest BCUT2D eigenvalue weighted by Crippen LogP contribution is 2.36. The van der Waals surface area contributed by atoms with Crippen LogP contribution in [0, 0.1) is 5.92 Å². The summed E-state index contributed by atoms with van der Waals surface area (Å²) in [7, 11) is 1.65. The Labute approximate surface area is 120 Å². The molecule has 2 rings (SSSR count). The smallest absolute Gasteiger partial charge is 0.165 e. The first-order chi connectivity index (χ1) is 9.24. The van der Waals surface area contributed by atoms with Gasteiger partial charge in [-0.1, -0.05) is 31.4 Å². The van der Waals surface area contributed by atoms with Gasteiger partial charge in [-0.05, 0) is 24.9 Å². The molecule has 1 aliphatic carbocycles. The molecule has 3 nitrogen and oxygen atoms in total. The summed E-state index contributed by atoms with van der Waals surface area (Å²) in [5.41, 5.74) is 1.06.